The molecule has 2 aromatic carbocycles. The van der Waals surface area contributed by atoms with Crippen LogP contribution in [0.25, 0.3) is 0 Å². The summed E-state index contributed by atoms with van der Waals surface area (Å²) in [6, 6.07) is 15.9. The second-order valence-corrected chi connectivity index (χ2v) is 6.63. The van der Waals surface area contributed by atoms with Crippen LogP contribution in [0.3, 0.4) is 0 Å². The molecule has 132 valence electrons. The van der Waals surface area contributed by atoms with Gasteiger partial charge in [0.15, 0.2) is 6.61 Å². The summed E-state index contributed by atoms with van der Waals surface area (Å²) in [5.41, 5.74) is 5.93. The highest BCUT2D eigenvalue weighted by molar-refractivity contribution is 5.82. The van der Waals surface area contributed by atoms with Gasteiger partial charge in [0.2, 0.25) is 0 Å². The van der Waals surface area contributed by atoms with Crippen molar-refractivity contribution in [3.05, 3.63) is 65.2 Å². The van der Waals surface area contributed by atoms with Crippen LogP contribution in [-0.2, 0) is 4.79 Å². The molecule has 0 heterocycles. The van der Waals surface area contributed by atoms with Crippen LogP contribution in [-0.4, -0.2) is 18.7 Å². The molecule has 2 aromatic rings. The highest BCUT2D eigenvalue weighted by Gasteiger charge is 2.03. The van der Waals surface area contributed by atoms with Crippen LogP contribution < -0.4 is 10.2 Å². The van der Waals surface area contributed by atoms with Gasteiger partial charge in [0, 0.05) is 0 Å². The van der Waals surface area contributed by atoms with Crippen molar-refractivity contribution in [3.8, 4) is 5.75 Å². The van der Waals surface area contributed by atoms with Gasteiger partial charge in [-0.3, -0.25) is 4.79 Å². The molecule has 4 heteroatoms. The average Bonchev–Trinajstić information content (AvgIpc) is 2.60. The Morgan fingerprint density at radius 1 is 0.960 bits per heavy atom. The number of nitrogens with one attached hydrogen (secondary N) is 1. The van der Waals surface area contributed by atoms with Gasteiger partial charge < -0.3 is 4.74 Å². The first-order chi connectivity index (χ1) is 12.0. The third-order valence-corrected chi connectivity index (χ3v) is 3.92. The highest BCUT2D eigenvalue weighted by Crippen LogP contribution is 2.18. The number of ether oxygens (including phenoxy) is 1. The van der Waals surface area contributed by atoms with E-state index < -0.39 is 0 Å². The largest absolute Gasteiger partial charge is 0.484 e. The van der Waals surface area contributed by atoms with Gasteiger partial charge in [-0.1, -0.05) is 64.1 Å². The first-order valence-electron chi connectivity index (χ1n) is 8.60. The summed E-state index contributed by atoms with van der Waals surface area (Å²) in [7, 11) is 0. The van der Waals surface area contributed by atoms with Gasteiger partial charge in [0.1, 0.15) is 5.75 Å². The lowest BCUT2D eigenvalue weighted by Crippen LogP contribution is -2.24. The predicted molar refractivity (Wildman–Crippen MR) is 102 cm³/mol. The molecule has 0 aromatic heterocycles. The monoisotopic (exact) mass is 338 g/mol. The molecule has 1 N–H and O–H groups in total. The van der Waals surface area contributed by atoms with Gasteiger partial charge in [0.05, 0.1) is 6.21 Å². The summed E-state index contributed by atoms with van der Waals surface area (Å²) in [5.74, 6) is 1.36. The van der Waals surface area contributed by atoms with E-state index in [1.54, 1.807) is 6.21 Å². The molecule has 1 amide bonds. The third kappa shape index (κ3) is 6.07. The van der Waals surface area contributed by atoms with E-state index in [1.807, 2.05) is 36.4 Å². The number of hydrogen-bond acceptors (Lipinski definition) is 3. The minimum absolute atomic E-state index is 0.0648. The molecule has 0 atom stereocenters. The van der Waals surface area contributed by atoms with Crippen LogP contribution in [0.2, 0.25) is 0 Å². The molecule has 0 aliphatic rings. The summed E-state index contributed by atoms with van der Waals surface area (Å²) < 4.78 is 5.46. The quantitative estimate of drug-likeness (QED) is 0.598. The molecular weight excluding hydrogens is 312 g/mol. The topological polar surface area (TPSA) is 50.7 Å². The second kappa shape index (κ2) is 9.02. The molecule has 2 rings (SSSR count). The first kappa shape index (κ1) is 18.7. The zero-order valence-electron chi connectivity index (χ0n) is 15.3. The van der Waals surface area contributed by atoms with Gasteiger partial charge >= 0.3 is 0 Å². The smallest absolute Gasteiger partial charge is 0.277 e. The molecule has 4 nitrogen and oxygen atoms in total. The van der Waals surface area contributed by atoms with Crippen LogP contribution in [0.15, 0.2) is 53.6 Å². The molecule has 0 spiro atoms. The normalized spacial score (nSPS) is 11.3. The Bertz CT molecular complexity index is 702. The number of hydrogen-bond donors (Lipinski definition) is 1. The summed E-state index contributed by atoms with van der Waals surface area (Å²) in [5, 5.41) is 3.96. The number of rotatable bonds is 7. The molecule has 0 saturated heterocycles. The average molecular weight is 338 g/mol. The standard InChI is InChI=1S/C21H26N2O2/c1-15(2)18-7-5-17(6-8-18)13-22-23-21(24)14-25-20-11-9-19(10-12-20)16(3)4/h5-13,15-16H,14H2,1-4H3,(H,23,24)/b22-13+. The van der Waals surface area contributed by atoms with Crippen molar-refractivity contribution in [2.75, 3.05) is 6.61 Å². The lowest BCUT2D eigenvalue weighted by molar-refractivity contribution is -0.123. The minimum atomic E-state index is -0.289. The van der Waals surface area contributed by atoms with E-state index in [2.05, 4.69) is 50.4 Å². The van der Waals surface area contributed by atoms with Crippen molar-refractivity contribution in [1.82, 2.24) is 5.43 Å². The maximum Gasteiger partial charge on any atom is 0.277 e. The van der Waals surface area contributed by atoms with Crippen LogP contribution >= 0.6 is 0 Å². The lowest BCUT2D eigenvalue weighted by Gasteiger charge is -2.08. The Morgan fingerprint density at radius 2 is 1.48 bits per heavy atom. The maximum atomic E-state index is 11.8. The van der Waals surface area contributed by atoms with E-state index in [-0.39, 0.29) is 12.5 Å². The zero-order valence-corrected chi connectivity index (χ0v) is 15.3. The highest BCUT2D eigenvalue weighted by atomic mass is 16.5. The van der Waals surface area contributed by atoms with E-state index in [1.165, 1.54) is 11.1 Å². The first-order valence-corrected chi connectivity index (χ1v) is 8.60. The zero-order chi connectivity index (χ0) is 18.2. The van der Waals surface area contributed by atoms with Crippen LogP contribution in [0.5, 0.6) is 5.75 Å². The van der Waals surface area contributed by atoms with Crippen LogP contribution in [0.1, 0.15) is 56.2 Å². The predicted octanol–water partition coefficient (Wildman–Crippen LogP) is 4.46. The van der Waals surface area contributed by atoms with Gasteiger partial charge in [-0.15, -0.1) is 0 Å². The summed E-state index contributed by atoms with van der Waals surface area (Å²) in [4.78, 5) is 11.8. The van der Waals surface area contributed by atoms with Crippen molar-refractivity contribution >= 4 is 12.1 Å². The van der Waals surface area contributed by atoms with E-state index in [4.69, 9.17) is 4.74 Å². The second-order valence-electron chi connectivity index (χ2n) is 6.63. The minimum Gasteiger partial charge on any atom is -0.484 e. The van der Waals surface area contributed by atoms with E-state index in [9.17, 15) is 4.79 Å². The molecule has 25 heavy (non-hydrogen) atoms. The van der Waals surface area contributed by atoms with Crippen molar-refractivity contribution in [2.24, 2.45) is 5.10 Å². The molecule has 0 saturated carbocycles. The molecule has 0 unspecified atom stereocenters. The fourth-order valence-corrected chi connectivity index (χ4v) is 2.28. The van der Waals surface area contributed by atoms with Crippen molar-refractivity contribution in [2.45, 2.75) is 39.5 Å². The van der Waals surface area contributed by atoms with Crippen molar-refractivity contribution in [3.63, 3.8) is 0 Å². The van der Waals surface area contributed by atoms with Gasteiger partial charge in [0.25, 0.3) is 5.91 Å². The maximum absolute atomic E-state index is 11.8. The summed E-state index contributed by atoms with van der Waals surface area (Å²) >= 11 is 0. The Kier molecular flexibility index (Phi) is 6.75. The number of nitrogens with zero attached hydrogens (tertiary/aromatic N) is 1. The Labute approximate surface area is 149 Å². The van der Waals surface area contributed by atoms with Crippen LogP contribution in [0, 0.1) is 0 Å². The molecular formula is C21H26N2O2. The third-order valence-electron chi connectivity index (χ3n) is 3.92. The SMILES string of the molecule is CC(C)c1ccc(/C=N/NC(=O)COc2ccc(C(C)C)cc2)cc1. The summed E-state index contributed by atoms with van der Waals surface area (Å²) in [6.07, 6.45) is 1.62. The molecule has 0 aliphatic heterocycles. The molecule has 0 radical (unpaired) electrons. The number of hydrazone groups is 1. The van der Waals surface area contributed by atoms with Crippen molar-refractivity contribution in [1.29, 1.82) is 0 Å². The van der Waals surface area contributed by atoms with Gasteiger partial charge in [-0.2, -0.15) is 5.10 Å². The van der Waals surface area contributed by atoms with E-state index in [0.717, 1.165) is 5.56 Å². The van der Waals surface area contributed by atoms with Gasteiger partial charge in [-0.05, 0) is 40.7 Å². The Balaban J connectivity index is 1.78. The Morgan fingerprint density at radius 3 is 2.00 bits per heavy atom. The fourth-order valence-electron chi connectivity index (χ4n) is 2.28. The molecule has 0 fully saturated rings. The number of benzene rings is 2. The molecule has 0 bridgehead atoms. The summed E-state index contributed by atoms with van der Waals surface area (Å²) in [6.45, 7) is 8.51. The van der Waals surface area contributed by atoms with Gasteiger partial charge in [-0.25, -0.2) is 5.43 Å². The Hall–Kier alpha value is -2.62. The van der Waals surface area contributed by atoms with E-state index in [0.29, 0.717) is 17.6 Å². The van der Waals surface area contributed by atoms with Crippen molar-refractivity contribution < 1.29 is 9.53 Å². The fraction of sp³-hybridized carbons (Fsp3) is 0.333. The molecule has 0 aliphatic carbocycles. The lowest BCUT2D eigenvalue weighted by atomic mass is 10.0. The number of carbonyl (C=O) groups excluding carboxylic acids is 1. The van der Waals surface area contributed by atoms with Crippen LogP contribution in [0.4, 0.5) is 0 Å². The van der Waals surface area contributed by atoms with E-state index >= 15 is 0 Å². The number of carbonyl (C=O) groups is 1. The number of amides is 1.